The predicted molar refractivity (Wildman–Crippen MR) is 130 cm³/mol. The first-order valence-corrected chi connectivity index (χ1v) is 11.3. The summed E-state index contributed by atoms with van der Waals surface area (Å²) in [4.78, 5) is 0. The highest BCUT2D eigenvalue weighted by Crippen LogP contribution is 2.30. The molecule has 0 saturated heterocycles. The first-order valence-electron chi connectivity index (χ1n) is 11.3. The summed E-state index contributed by atoms with van der Waals surface area (Å²) in [6, 6.07) is 23.0. The second kappa shape index (κ2) is 11.6. The van der Waals surface area contributed by atoms with E-state index < -0.39 is 0 Å². The van der Waals surface area contributed by atoms with Crippen molar-refractivity contribution in [2.45, 2.75) is 46.1 Å². The minimum absolute atomic E-state index is 0.566. The number of methoxy groups -OCH3 is 1. The van der Waals surface area contributed by atoms with Crippen LogP contribution in [0.15, 0.2) is 66.7 Å². The molecule has 1 unspecified atom stereocenters. The van der Waals surface area contributed by atoms with Crippen molar-refractivity contribution < 1.29 is 9.47 Å². The van der Waals surface area contributed by atoms with Crippen molar-refractivity contribution in [3.8, 4) is 22.6 Å². The molecule has 3 nitrogen and oxygen atoms in total. The molecule has 0 heterocycles. The van der Waals surface area contributed by atoms with Crippen molar-refractivity contribution >= 4 is 0 Å². The fraction of sp³-hybridized carbons (Fsp3) is 0.357. The zero-order valence-electron chi connectivity index (χ0n) is 19.1. The number of rotatable bonds is 6. The summed E-state index contributed by atoms with van der Waals surface area (Å²) in [5.41, 5.74) is 12.1. The molecule has 0 radical (unpaired) electrons. The Morgan fingerprint density at radius 2 is 1.68 bits per heavy atom. The van der Waals surface area contributed by atoms with E-state index in [0.29, 0.717) is 12.5 Å². The lowest BCUT2D eigenvalue weighted by Crippen LogP contribution is -2.22. The van der Waals surface area contributed by atoms with E-state index in [1.54, 1.807) is 7.11 Å². The largest absolute Gasteiger partial charge is 0.496 e. The number of hydrogen-bond donors (Lipinski definition) is 1. The van der Waals surface area contributed by atoms with Gasteiger partial charge in [-0.25, -0.2) is 0 Å². The number of nitrogens with two attached hydrogens (primary N) is 1. The summed E-state index contributed by atoms with van der Waals surface area (Å²) in [6.45, 7) is 5.60. The molecule has 3 aromatic carbocycles. The average Bonchev–Trinajstić information content (AvgIpc) is 2.83. The molecule has 0 fully saturated rings. The number of fused-ring (bicyclic) bond motifs is 1. The fourth-order valence-electron chi connectivity index (χ4n) is 3.93. The second-order valence-corrected chi connectivity index (χ2v) is 8.17. The molecule has 4 rings (SSSR count). The second-order valence-electron chi connectivity index (χ2n) is 8.17. The molecule has 3 aromatic rings. The first kappa shape index (κ1) is 22.9. The lowest BCUT2D eigenvalue weighted by atomic mass is 9.84. The van der Waals surface area contributed by atoms with Crippen molar-refractivity contribution in [3.63, 3.8) is 0 Å². The Bertz CT molecular complexity index is 949. The van der Waals surface area contributed by atoms with Crippen LogP contribution in [0.4, 0.5) is 0 Å². The van der Waals surface area contributed by atoms with Crippen LogP contribution < -0.4 is 15.2 Å². The van der Waals surface area contributed by atoms with Gasteiger partial charge >= 0.3 is 0 Å². The Labute approximate surface area is 187 Å². The number of benzene rings is 3. The van der Waals surface area contributed by atoms with Crippen LogP contribution in [0, 0.1) is 5.92 Å². The summed E-state index contributed by atoms with van der Waals surface area (Å²) in [6.07, 6.45) is 4.62. The molecule has 3 heteroatoms. The van der Waals surface area contributed by atoms with Crippen molar-refractivity contribution in [2.75, 3.05) is 13.7 Å². The van der Waals surface area contributed by atoms with E-state index in [0.717, 1.165) is 47.6 Å². The molecular weight excluding hydrogens is 382 g/mol. The highest BCUT2D eigenvalue weighted by molar-refractivity contribution is 5.70. The van der Waals surface area contributed by atoms with Crippen molar-refractivity contribution in [1.82, 2.24) is 0 Å². The third kappa shape index (κ3) is 6.11. The summed E-state index contributed by atoms with van der Waals surface area (Å²) in [7, 11) is 1.70. The molecule has 2 N–H and O–H groups in total. The monoisotopic (exact) mass is 417 g/mol. The van der Waals surface area contributed by atoms with Crippen molar-refractivity contribution in [1.29, 1.82) is 0 Å². The molecular formula is C28H35NO2. The van der Waals surface area contributed by atoms with E-state index in [2.05, 4.69) is 62.4 Å². The highest BCUT2D eigenvalue weighted by Gasteiger charge is 2.17. The molecule has 1 atom stereocenters. The molecule has 1 aliphatic rings. The van der Waals surface area contributed by atoms with Gasteiger partial charge in [0.1, 0.15) is 18.1 Å². The maximum atomic E-state index is 6.05. The molecule has 164 valence electrons. The Hall–Kier alpha value is -2.78. The van der Waals surface area contributed by atoms with E-state index in [9.17, 15) is 0 Å². The Morgan fingerprint density at radius 3 is 2.39 bits per heavy atom. The standard InChI is InChI=1S/C25H27NO2.C3H8/c1-27-25-5-3-2-4-24(25)20-9-6-18(7-10-20)17-28-23-13-12-21-14-19(16-26)8-11-22(21)15-23;1-3-2/h2-7,9-10,12-13,15,19H,8,11,14,16-17,26H2,1H3;3H2,1-2H3. The molecule has 0 spiro atoms. The zero-order valence-corrected chi connectivity index (χ0v) is 19.1. The number of para-hydroxylation sites is 1. The molecule has 0 amide bonds. The first-order chi connectivity index (χ1) is 15.2. The maximum absolute atomic E-state index is 6.05. The van der Waals surface area contributed by atoms with Gasteiger partial charge in [-0.1, -0.05) is 68.8 Å². The van der Waals surface area contributed by atoms with Crippen LogP contribution in [0.25, 0.3) is 11.1 Å². The van der Waals surface area contributed by atoms with E-state index >= 15 is 0 Å². The average molecular weight is 418 g/mol. The van der Waals surface area contributed by atoms with Gasteiger partial charge in [0.05, 0.1) is 7.11 Å². The minimum Gasteiger partial charge on any atom is -0.496 e. The SMILES string of the molecule is CCC.COc1ccccc1-c1ccc(COc2ccc3c(c2)CCC(CN)C3)cc1. The van der Waals surface area contributed by atoms with Crippen LogP contribution >= 0.6 is 0 Å². The van der Waals surface area contributed by atoms with Gasteiger partial charge in [-0.15, -0.1) is 0 Å². The highest BCUT2D eigenvalue weighted by atomic mass is 16.5. The third-order valence-electron chi connectivity index (χ3n) is 5.62. The van der Waals surface area contributed by atoms with Crippen LogP contribution in [0.1, 0.15) is 43.4 Å². The van der Waals surface area contributed by atoms with E-state index in [4.69, 9.17) is 15.2 Å². The molecule has 1 aliphatic carbocycles. The van der Waals surface area contributed by atoms with Crippen molar-refractivity contribution in [3.05, 3.63) is 83.4 Å². The summed E-state index contributed by atoms with van der Waals surface area (Å²) in [5, 5.41) is 0. The lowest BCUT2D eigenvalue weighted by molar-refractivity contribution is 0.305. The molecule has 0 aromatic heterocycles. The van der Waals surface area contributed by atoms with E-state index in [-0.39, 0.29) is 0 Å². The number of hydrogen-bond acceptors (Lipinski definition) is 3. The summed E-state index contributed by atoms with van der Waals surface area (Å²) >= 11 is 0. The van der Waals surface area contributed by atoms with Crippen LogP contribution in [-0.4, -0.2) is 13.7 Å². The quantitative estimate of drug-likeness (QED) is 0.503. The third-order valence-corrected chi connectivity index (χ3v) is 5.62. The van der Waals surface area contributed by atoms with Crippen LogP contribution in [0.2, 0.25) is 0 Å². The zero-order chi connectivity index (χ0) is 22.1. The Balaban J connectivity index is 0.000000858. The number of aryl methyl sites for hydroxylation is 1. The summed E-state index contributed by atoms with van der Waals surface area (Å²) < 4.78 is 11.5. The van der Waals surface area contributed by atoms with E-state index in [1.807, 2.05) is 18.2 Å². The van der Waals surface area contributed by atoms with Crippen molar-refractivity contribution in [2.24, 2.45) is 11.7 Å². The smallest absolute Gasteiger partial charge is 0.126 e. The van der Waals surface area contributed by atoms with Crippen LogP contribution in [0.5, 0.6) is 11.5 Å². The number of ether oxygens (including phenoxy) is 2. The molecule has 0 bridgehead atoms. The van der Waals surface area contributed by atoms with Gasteiger partial charge in [-0.2, -0.15) is 0 Å². The van der Waals surface area contributed by atoms with Gasteiger partial charge in [-0.3, -0.25) is 0 Å². The summed E-state index contributed by atoms with van der Waals surface area (Å²) in [5.74, 6) is 2.46. The molecule has 0 aliphatic heterocycles. The molecule has 31 heavy (non-hydrogen) atoms. The lowest BCUT2D eigenvalue weighted by Gasteiger charge is -2.23. The van der Waals surface area contributed by atoms with Gasteiger partial charge in [-0.05, 0) is 72.2 Å². The van der Waals surface area contributed by atoms with Gasteiger partial charge < -0.3 is 15.2 Å². The van der Waals surface area contributed by atoms with Gasteiger partial charge in [0.15, 0.2) is 0 Å². The van der Waals surface area contributed by atoms with Crippen LogP contribution in [-0.2, 0) is 19.4 Å². The van der Waals surface area contributed by atoms with Gasteiger partial charge in [0.2, 0.25) is 0 Å². The normalized spacial score (nSPS) is 14.8. The van der Waals surface area contributed by atoms with Crippen LogP contribution in [0.3, 0.4) is 0 Å². The topological polar surface area (TPSA) is 44.5 Å². The van der Waals surface area contributed by atoms with Gasteiger partial charge in [0, 0.05) is 5.56 Å². The maximum Gasteiger partial charge on any atom is 0.126 e. The molecule has 0 saturated carbocycles. The Kier molecular flexibility index (Phi) is 8.54. The van der Waals surface area contributed by atoms with E-state index in [1.165, 1.54) is 24.0 Å². The Morgan fingerprint density at radius 1 is 0.935 bits per heavy atom. The predicted octanol–water partition coefficient (Wildman–Crippen LogP) is 6.42. The minimum atomic E-state index is 0.566. The van der Waals surface area contributed by atoms with Gasteiger partial charge in [0.25, 0.3) is 0 Å². The fourth-order valence-corrected chi connectivity index (χ4v) is 3.93.